The molecule has 1 saturated heterocycles. The number of nitrogens with one attached hydrogen (secondary N) is 3. The van der Waals surface area contributed by atoms with Crippen LogP contribution >= 0.6 is 12.4 Å². The Labute approximate surface area is 137 Å². The summed E-state index contributed by atoms with van der Waals surface area (Å²) in [5.41, 5.74) is 1.56. The summed E-state index contributed by atoms with van der Waals surface area (Å²) in [6, 6.07) is 7.27. The molecular weight excluding hydrogens is 302 g/mol. The Morgan fingerprint density at radius 1 is 1.27 bits per heavy atom. The molecule has 0 radical (unpaired) electrons. The van der Waals surface area contributed by atoms with Crippen molar-refractivity contribution >= 4 is 24.2 Å². The van der Waals surface area contributed by atoms with Gasteiger partial charge in [0, 0.05) is 18.7 Å². The van der Waals surface area contributed by atoms with Crippen LogP contribution in [0.15, 0.2) is 24.3 Å². The van der Waals surface area contributed by atoms with Crippen LogP contribution in [0.25, 0.3) is 0 Å². The molecule has 1 aliphatic rings. The average Bonchev–Trinajstić information content (AvgIpc) is 2.54. The van der Waals surface area contributed by atoms with Crippen molar-refractivity contribution in [1.29, 1.82) is 0 Å². The minimum Gasteiger partial charge on any atom is -0.352 e. The van der Waals surface area contributed by atoms with Gasteiger partial charge in [-0.25, -0.2) is 0 Å². The summed E-state index contributed by atoms with van der Waals surface area (Å²) in [7, 11) is 0. The monoisotopic (exact) mass is 325 g/mol. The predicted octanol–water partition coefficient (Wildman–Crippen LogP) is 1.62. The maximum absolute atomic E-state index is 12.0. The minimum absolute atomic E-state index is 0. The molecule has 0 aromatic heterocycles. The lowest BCUT2D eigenvalue weighted by molar-refractivity contribution is -0.123. The van der Waals surface area contributed by atoms with Gasteiger partial charge in [0.25, 0.3) is 5.91 Å². The largest absolute Gasteiger partial charge is 0.352 e. The number of carbonyl (C=O) groups is 2. The van der Waals surface area contributed by atoms with E-state index in [0.29, 0.717) is 18.7 Å². The number of amides is 2. The minimum atomic E-state index is -0.0837. The fraction of sp³-hybridized carbons (Fsp3) is 0.500. The second kappa shape index (κ2) is 9.43. The summed E-state index contributed by atoms with van der Waals surface area (Å²) in [4.78, 5) is 23.8. The second-order valence-electron chi connectivity index (χ2n) is 5.28. The second-order valence-corrected chi connectivity index (χ2v) is 5.28. The lowest BCUT2D eigenvalue weighted by atomic mass is 10.0. The summed E-state index contributed by atoms with van der Waals surface area (Å²) in [5, 5.41) is 8.93. The molecule has 5 nitrogen and oxygen atoms in total. The molecule has 0 bridgehead atoms. The van der Waals surface area contributed by atoms with E-state index in [9.17, 15) is 9.59 Å². The van der Waals surface area contributed by atoms with Crippen LogP contribution in [0.3, 0.4) is 0 Å². The smallest absolute Gasteiger partial charge is 0.251 e. The molecule has 2 rings (SSSR count). The van der Waals surface area contributed by atoms with Crippen LogP contribution in [-0.2, 0) is 11.3 Å². The van der Waals surface area contributed by atoms with Gasteiger partial charge in [-0.3, -0.25) is 9.59 Å². The highest BCUT2D eigenvalue weighted by atomic mass is 35.5. The summed E-state index contributed by atoms with van der Waals surface area (Å²) in [6.07, 6.45) is 3.13. The molecule has 1 unspecified atom stereocenters. The van der Waals surface area contributed by atoms with E-state index in [1.54, 1.807) is 6.07 Å². The number of rotatable bonds is 5. The fourth-order valence-corrected chi connectivity index (χ4v) is 2.47. The van der Waals surface area contributed by atoms with Crippen molar-refractivity contribution in [2.24, 2.45) is 0 Å². The van der Waals surface area contributed by atoms with E-state index < -0.39 is 0 Å². The van der Waals surface area contributed by atoms with E-state index in [-0.39, 0.29) is 30.3 Å². The summed E-state index contributed by atoms with van der Waals surface area (Å²) in [5.74, 6) is -0.0438. The first kappa shape index (κ1) is 18.5. The van der Waals surface area contributed by atoms with Crippen molar-refractivity contribution < 1.29 is 9.59 Å². The third-order valence-electron chi connectivity index (χ3n) is 3.62. The van der Waals surface area contributed by atoms with Crippen LogP contribution in [0, 0.1) is 0 Å². The van der Waals surface area contributed by atoms with Crippen LogP contribution in [0.2, 0.25) is 0 Å². The van der Waals surface area contributed by atoms with Crippen molar-refractivity contribution in [2.45, 2.75) is 38.8 Å². The average molecular weight is 326 g/mol. The highest BCUT2D eigenvalue weighted by Gasteiger charge is 2.19. The molecule has 1 fully saturated rings. The Balaban J connectivity index is 0.00000242. The fourth-order valence-electron chi connectivity index (χ4n) is 2.47. The van der Waals surface area contributed by atoms with Crippen molar-refractivity contribution in [3.8, 4) is 0 Å². The number of benzene rings is 1. The van der Waals surface area contributed by atoms with Gasteiger partial charge < -0.3 is 16.0 Å². The van der Waals surface area contributed by atoms with E-state index in [2.05, 4.69) is 16.0 Å². The lowest BCUT2D eigenvalue weighted by Crippen LogP contribution is -2.46. The Hall–Kier alpha value is -1.59. The highest BCUT2D eigenvalue weighted by molar-refractivity contribution is 5.94. The SMILES string of the molecule is CCNC(=O)c1cccc(CNC(=O)C2CCCCN2)c1.Cl. The Morgan fingerprint density at radius 2 is 2.09 bits per heavy atom. The molecule has 0 spiro atoms. The molecule has 1 heterocycles. The zero-order valence-corrected chi connectivity index (χ0v) is 13.7. The van der Waals surface area contributed by atoms with Crippen molar-refractivity contribution in [3.63, 3.8) is 0 Å². The quantitative estimate of drug-likeness (QED) is 0.770. The normalized spacial score (nSPS) is 17.2. The zero-order valence-electron chi connectivity index (χ0n) is 12.9. The molecule has 122 valence electrons. The van der Waals surface area contributed by atoms with Gasteiger partial charge in [-0.15, -0.1) is 12.4 Å². The number of hydrogen-bond acceptors (Lipinski definition) is 3. The number of hydrogen-bond donors (Lipinski definition) is 3. The van der Waals surface area contributed by atoms with Gasteiger partial charge in [0.05, 0.1) is 6.04 Å². The molecule has 1 aromatic carbocycles. The number of halogens is 1. The van der Waals surface area contributed by atoms with E-state index >= 15 is 0 Å². The zero-order chi connectivity index (χ0) is 15.1. The molecular formula is C16H24ClN3O2. The third kappa shape index (κ3) is 5.31. The van der Waals surface area contributed by atoms with Crippen LogP contribution in [0.4, 0.5) is 0 Å². The molecule has 22 heavy (non-hydrogen) atoms. The standard InChI is InChI=1S/C16H23N3O2.ClH/c1-2-17-15(20)13-7-5-6-12(10-13)11-19-16(21)14-8-3-4-9-18-14;/h5-7,10,14,18H,2-4,8-9,11H2,1H3,(H,17,20)(H,19,21);1H. The van der Waals surface area contributed by atoms with Crippen molar-refractivity contribution in [3.05, 3.63) is 35.4 Å². The lowest BCUT2D eigenvalue weighted by Gasteiger charge is -2.22. The molecule has 1 aliphatic heterocycles. The Bertz CT molecular complexity index is 502. The van der Waals surface area contributed by atoms with Crippen LogP contribution in [0.1, 0.15) is 42.1 Å². The van der Waals surface area contributed by atoms with E-state index in [0.717, 1.165) is 31.4 Å². The maximum atomic E-state index is 12.0. The molecule has 1 atom stereocenters. The van der Waals surface area contributed by atoms with E-state index in [1.807, 2.05) is 25.1 Å². The summed E-state index contributed by atoms with van der Waals surface area (Å²) < 4.78 is 0. The first-order chi connectivity index (χ1) is 10.2. The topological polar surface area (TPSA) is 70.2 Å². The predicted molar refractivity (Wildman–Crippen MR) is 89.2 cm³/mol. The van der Waals surface area contributed by atoms with E-state index in [4.69, 9.17) is 0 Å². The van der Waals surface area contributed by atoms with Gasteiger partial charge in [-0.1, -0.05) is 18.6 Å². The van der Waals surface area contributed by atoms with Crippen LogP contribution in [-0.4, -0.2) is 30.9 Å². The van der Waals surface area contributed by atoms with Crippen molar-refractivity contribution in [1.82, 2.24) is 16.0 Å². The Morgan fingerprint density at radius 3 is 2.77 bits per heavy atom. The van der Waals surface area contributed by atoms with Gasteiger partial charge in [-0.2, -0.15) is 0 Å². The molecule has 0 saturated carbocycles. The first-order valence-electron chi connectivity index (χ1n) is 7.59. The maximum Gasteiger partial charge on any atom is 0.251 e. The summed E-state index contributed by atoms with van der Waals surface area (Å²) in [6.45, 7) is 3.85. The van der Waals surface area contributed by atoms with Gasteiger partial charge >= 0.3 is 0 Å². The number of piperidine rings is 1. The third-order valence-corrected chi connectivity index (χ3v) is 3.62. The molecule has 2 amide bonds. The van der Waals surface area contributed by atoms with Crippen molar-refractivity contribution in [2.75, 3.05) is 13.1 Å². The van der Waals surface area contributed by atoms with Gasteiger partial charge in [0.1, 0.15) is 0 Å². The number of carbonyl (C=O) groups excluding carboxylic acids is 2. The van der Waals surface area contributed by atoms with Gasteiger partial charge in [0.15, 0.2) is 0 Å². The Kier molecular flexibility index (Phi) is 7.91. The molecule has 1 aromatic rings. The van der Waals surface area contributed by atoms with Gasteiger partial charge in [0.2, 0.25) is 5.91 Å². The molecule has 0 aliphatic carbocycles. The summed E-state index contributed by atoms with van der Waals surface area (Å²) >= 11 is 0. The molecule has 3 N–H and O–H groups in total. The highest BCUT2D eigenvalue weighted by Crippen LogP contribution is 2.08. The van der Waals surface area contributed by atoms with Gasteiger partial charge in [-0.05, 0) is 44.0 Å². The first-order valence-corrected chi connectivity index (χ1v) is 7.59. The van der Waals surface area contributed by atoms with Crippen LogP contribution < -0.4 is 16.0 Å². The van der Waals surface area contributed by atoms with E-state index in [1.165, 1.54) is 0 Å². The van der Waals surface area contributed by atoms with Crippen LogP contribution in [0.5, 0.6) is 0 Å². The molecule has 6 heteroatoms.